The van der Waals surface area contributed by atoms with Crippen LogP contribution in [0.4, 0.5) is 0 Å². The van der Waals surface area contributed by atoms with Crippen molar-refractivity contribution in [3.05, 3.63) is 59.7 Å². The molecular weight excluding hydrogens is 280 g/mol. The van der Waals surface area contributed by atoms with Crippen molar-refractivity contribution in [1.82, 2.24) is 0 Å². The van der Waals surface area contributed by atoms with Gasteiger partial charge in [-0.2, -0.15) is 13.5 Å². The van der Waals surface area contributed by atoms with Crippen LogP contribution in [-0.4, -0.2) is 10.2 Å². The monoisotopic (exact) mass is 306 g/mol. The molecular formula is C18H26O2S. The molecule has 0 aliphatic rings. The lowest BCUT2D eigenvalue weighted by Gasteiger charge is -1.99. The number of phenolic OH excluding ortho intramolecular Hbond substituents is 2. The highest BCUT2D eigenvalue weighted by molar-refractivity contribution is 7.59. The summed E-state index contributed by atoms with van der Waals surface area (Å²) in [7, 11) is 0. The summed E-state index contributed by atoms with van der Waals surface area (Å²) in [6.07, 6.45) is 4.09. The molecule has 0 fully saturated rings. The van der Waals surface area contributed by atoms with Gasteiger partial charge in [0.1, 0.15) is 11.5 Å². The first kappa shape index (κ1) is 19.4. The molecule has 0 bridgehead atoms. The minimum Gasteiger partial charge on any atom is -0.508 e. The number of hydrogen-bond acceptors (Lipinski definition) is 2. The van der Waals surface area contributed by atoms with E-state index in [2.05, 4.69) is 13.8 Å². The van der Waals surface area contributed by atoms with Crippen LogP contribution in [0.1, 0.15) is 37.8 Å². The number of para-hydroxylation sites is 2. The van der Waals surface area contributed by atoms with E-state index in [1.807, 2.05) is 36.4 Å². The van der Waals surface area contributed by atoms with E-state index in [1.165, 1.54) is 0 Å². The Morgan fingerprint density at radius 1 is 0.667 bits per heavy atom. The van der Waals surface area contributed by atoms with E-state index in [9.17, 15) is 10.2 Å². The summed E-state index contributed by atoms with van der Waals surface area (Å²) >= 11 is 0. The van der Waals surface area contributed by atoms with Gasteiger partial charge < -0.3 is 10.2 Å². The molecule has 2 rings (SSSR count). The lowest BCUT2D eigenvalue weighted by molar-refractivity contribution is 0.467. The fraction of sp³-hybridized carbons (Fsp3) is 0.333. The molecule has 116 valence electrons. The molecule has 2 nitrogen and oxygen atoms in total. The van der Waals surface area contributed by atoms with Crippen LogP contribution in [-0.2, 0) is 12.8 Å². The van der Waals surface area contributed by atoms with Gasteiger partial charge in [-0.05, 0) is 36.1 Å². The number of rotatable bonds is 4. The Bertz CT molecular complexity index is 465. The van der Waals surface area contributed by atoms with Crippen LogP contribution < -0.4 is 0 Å². The summed E-state index contributed by atoms with van der Waals surface area (Å²) in [6, 6.07) is 15.0. The fourth-order valence-corrected chi connectivity index (χ4v) is 1.98. The molecule has 2 aromatic carbocycles. The minimum absolute atomic E-state index is 0. The Morgan fingerprint density at radius 3 is 1.29 bits per heavy atom. The molecule has 0 aromatic heterocycles. The molecule has 0 atom stereocenters. The van der Waals surface area contributed by atoms with Crippen molar-refractivity contribution >= 4 is 13.5 Å². The number of hydrogen-bond donors (Lipinski definition) is 2. The van der Waals surface area contributed by atoms with Gasteiger partial charge in [0.2, 0.25) is 0 Å². The Morgan fingerprint density at radius 2 is 1.00 bits per heavy atom. The molecule has 0 saturated heterocycles. The van der Waals surface area contributed by atoms with Crippen molar-refractivity contribution in [2.75, 3.05) is 0 Å². The Hall–Kier alpha value is -1.61. The zero-order valence-corrected chi connectivity index (χ0v) is 13.8. The molecule has 21 heavy (non-hydrogen) atoms. The fourth-order valence-electron chi connectivity index (χ4n) is 1.98. The van der Waals surface area contributed by atoms with E-state index in [0.29, 0.717) is 11.5 Å². The van der Waals surface area contributed by atoms with Gasteiger partial charge in [-0.25, -0.2) is 0 Å². The first-order chi connectivity index (χ1) is 9.69. The van der Waals surface area contributed by atoms with Gasteiger partial charge in [-0.3, -0.25) is 0 Å². The zero-order chi connectivity index (χ0) is 14.8. The van der Waals surface area contributed by atoms with Gasteiger partial charge >= 0.3 is 0 Å². The molecule has 2 N–H and O–H groups in total. The molecule has 0 radical (unpaired) electrons. The lowest BCUT2D eigenvalue weighted by atomic mass is 10.1. The van der Waals surface area contributed by atoms with Crippen molar-refractivity contribution in [2.24, 2.45) is 0 Å². The topological polar surface area (TPSA) is 40.5 Å². The molecule has 0 aliphatic heterocycles. The first-order valence-corrected chi connectivity index (χ1v) is 7.22. The van der Waals surface area contributed by atoms with Gasteiger partial charge in [0.05, 0.1) is 0 Å². The molecule has 0 heterocycles. The third kappa shape index (κ3) is 7.09. The largest absolute Gasteiger partial charge is 0.508 e. The maximum atomic E-state index is 9.24. The molecule has 3 heteroatoms. The highest BCUT2D eigenvalue weighted by atomic mass is 32.1. The predicted octanol–water partition coefficient (Wildman–Crippen LogP) is 4.80. The van der Waals surface area contributed by atoms with Crippen LogP contribution in [0.25, 0.3) is 0 Å². The summed E-state index contributed by atoms with van der Waals surface area (Å²) in [5, 5.41) is 18.5. The van der Waals surface area contributed by atoms with Crippen molar-refractivity contribution in [2.45, 2.75) is 39.5 Å². The van der Waals surface area contributed by atoms with E-state index >= 15 is 0 Å². The van der Waals surface area contributed by atoms with E-state index in [0.717, 1.165) is 36.8 Å². The highest BCUT2D eigenvalue weighted by Gasteiger charge is 1.95. The second-order valence-corrected chi connectivity index (χ2v) is 4.76. The molecule has 0 amide bonds. The van der Waals surface area contributed by atoms with Crippen LogP contribution in [0.15, 0.2) is 48.5 Å². The number of phenols is 2. The lowest BCUT2D eigenvalue weighted by Crippen LogP contribution is -1.81. The van der Waals surface area contributed by atoms with E-state index in [1.54, 1.807) is 12.1 Å². The standard InChI is InChI=1S/2C9H12O.H2S/c2*1-2-5-8-6-3-4-7-9(8)10;/h2*3-4,6-7,10H,2,5H2,1H3;1H2. The van der Waals surface area contributed by atoms with Gasteiger partial charge in [0.25, 0.3) is 0 Å². The van der Waals surface area contributed by atoms with E-state index in [4.69, 9.17) is 0 Å². The third-order valence-electron chi connectivity index (χ3n) is 3.02. The van der Waals surface area contributed by atoms with Gasteiger partial charge in [-0.1, -0.05) is 63.1 Å². The number of aromatic hydroxyl groups is 2. The van der Waals surface area contributed by atoms with Crippen LogP contribution in [0.2, 0.25) is 0 Å². The Kier molecular flexibility index (Phi) is 10.2. The molecule has 0 unspecified atom stereocenters. The van der Waals surface area contributed by atoms with Gasteiger partial charge in [0, 0.05) is 0 Å². The highest BCUT2D eigenvalue weighted by Crippen LogP contribution is 2.17. The molecule has 0 spiro atoms. The molecule has 0 saturated carbocycles. The van der Waals surface area contributed by atoms with Crippen LogP contribution >= 0.6 is 13.5 Å². The summed E-state index contributed by atoms with van der Waals surface area (Å²) in [4.78, 5) is 0. The number of aryl methyl sites for hydroxylation is 2. The van der Waals surface area contributed by atoms with E-state index < -0.39 is 0 Å². The van der Waals surface area contributed by atoms with Gasteiger partial charge in [-0.15, -0.1) is 0 Å². The Balaban J connectivity index is 0.000000364. The average molecular weight is 306 g/mol. The van der Waals surface area contributed by atoms with Crippen molar-refractivity contribution < 1.29 is 10.2 Å². The maximum absolute atomic E-state index is 9.24. The van der Waals surface area contributed by atoms with Crippen LogP contribution in [0, 0.1) is 0 Å². The second-order valence-electron chi connectivity index (χ2n) is 4.76. The predicted molar refractivity (Wildman–Crippen MR) is 94.6 cm³/mol. The van der Waals surface area contributed by atoms with Crippen molar-refractivity contribution in [3.63, 3.8) is 0 Å². The molecule has 0 aliphatic carbocycles. The smallest absolute Gasteiger partial charge is 0.118 e. The third-order valence-corrected chi connectivity index (χ3v) is 3.02. The number of benzene rings is 2. The van der Waals surface area contributed by atoms with Crippen molar-refractivity contribution in [1.29, 1.82) is 0 Å². The summed E-state index contributed by atoms with van der Waals surface area (Å²) < 4.78 is 0. The van der Waals surface area contributed by atoms with Crippen LogP contribution in [0.5, 0.6) is 11.5 Å². The summed E-state index contributed by atoms with van der Waals surface area (Å²) in [5.74, 6) is 0.841. The minimum atomic E-state index is 0. The van der Waals surface area contributed by atoms with Gasteiger partial charge in [0.15, 0.2) is 0 Å². The Labute approximate surface area is 134 Å². The second kappa shape index (κ2) is 11.1. The van der Waals surface area contributed by atoms with E-state index in [-0.39, 0.29) is 13.5 Å². The normalized spacial score (nSPS) is 9.24. The summed E-state index contributed by atoms with van der Waals surface area (Å²) in [5.41, 5.74) is 2.09. The SMILES string of the molecule is CCCc1ccccc1O.CCCc1ccccc1O.S. The summed E-state index contributed by atoms with van der Waals surface area (Å²) in [6.45, 7) is 4.21. The van der Waals surface area contributed by atoms with Crippen molar-refractivity contribution in [3.8, 4) is 11.5 Å². The van der Waals surface area contributed by atoms with Crippen LogP contribution in [0.3, 0.4) is 0 Å². The first-order valence-electron chi connectivity index (χ1n) is 7.22. The molecule has 2 aromatic rings. The maximum Gasteiger partial charge on any atom is 0.118 e. The quantitative estimate of drug-likeness (QED) is 0.851. The zero-order valence-electron chi connectivity index (χ0n) is 12.8. The average Bonchev–Trinajstić information content (AvgIpc) is 2.45.